The number of aliphatic imine (C=N–C) groups is 1. The first-order chi connectivity index (χ1) is 14.0. The number of hydrogen-bond donors (Lipinski definition) is 2. The Morgan fingerprint density at radius 3 is 2.73 bits per heavy atom. The fraction of sp³-hybridized carbons (Fsp3) is 0.571. The summed E-state index contributed by atoms with van der Waals surface area (Å²) in [4.78, 5) is 7.22. The molecule has 1 unspecified atom stereocenters. The molecule has 3 rings (SSSR count). The average molecular weight is 529 g/mol. The largest absolute Gasteiger partial charge is 0.355 e. The van der Waals surface area contributed by atoms with Crippen LogP contribution in [0.4, 0.5) is 4.39 Å². The number of halogens is 2. The Kier molecular flexibility index (Phi) is 9.47. The molecule has 1 atom stereocenters. The van der Waals surface area contributed by atoms with Crippen molar-refractivity contribution in [3.05, 3.63) is 46.8 Å². The van der Waals surface area contributed by atoms with Gasteiger partial charge >= 0.3 is 0 Å². The van der Waals surface area contributed by atoms with Gasteiger partial charge in [0.1, 0.15) is 11.6 Å². The van der Waals surface area contributed by atoms with E-state index in [1.54, 1.807) is 13.0 Å². The molecule has 0 aliphatic carbocycles. The van der Waals surface area contributed by atoms with Crippen molar-refractivity contribution < 1.29 is 4.39 Å². The molecule has 0 radical (unpaired) electrons. The number of nitrogens with zero attached hydrogens (tertiary/aromatic N) is 5. The third kappa shape index (κ3) is 6.37. The highest BCUT2D eigenvalue weighted by atomic mass is 127. The molecule has 0 saturated carbocycles. The van der Waals surface area contributed by atoms with E-state index in [-0.39, 0.29) is 29.8 Å². The van der Waals surface area contributed by atoms with Gasteiger partial charge in [-0.25, -0.2) is 9.38 Å². The van der Waals surface area contributed by atoms with Gasteiger partial charge in [0.05, 0.1) is 13.1 Å². The van der Waals surface area contributed by atoms with Crippen LogP contribution in [0.3, 0.4) is 0 Å². The van der Waals surface area contributed by atoms with Gasteiger partial charge in [0, 0.05) is 19.6 Å². The normalized spacial score (nSPS) is 17.1. The van der Waals surface area contributed by atoms with E-state index in [0.717, 1.165) is 42.8 Å². The molecule has 0 spiro atoms. The van der Waals surface area contributed by atoms with E-state index in [1.165, 1.54) is 18.9 Å². The summed E-state index contributed by atoms with van der Waals surface area (Å²) in [5.41, 5.74) is 1.62. The van der Waals surface area contributed by atoms with E-state index in [2.05, 4.69) is 32.7 Å². The van der Waals surface area contributed by atoms with Crippen LogP contribution in [-0.4, -0.2) is 51.3 Å². The number of benzene rings is 1. The van der Waals surface area contributed by atoms with Crippen molar-refractivity contribution >= 4 is 29.9 Å². The first kappa shape index (κ1) is 24.5. The van der Waals surface area contributed by atoms with Gasteiger partial charge in [-0.05, 0) is 57.0 Å². The molecule has 1 aromatic carbocycles. The fourth-order valence-electron chi connectivity index (χ4n) is 3.67. The van der Waals surface area contributed by atoms with E-state index in [0.29, 0.717) is 24.7 Å². The monoisotopic (exact) mass is 529 g/mol. The van der Waals surface area contributed by atoms with Gasteiger partial charge < -0.3 is 15.2 Å². The van der Waals surface area contributed by atoms with Crippen molar-refractivity contribution in [3.63, 3.8) is 0 Å². The highest BCUT2D eigenvalue weighted by Crippen LogP contribution is 2.15. The number of aromatic nitrogens is 3. The van der Waals surface area contributed by atoms with E-state index >= 15 is 0 Å². The van der Waals surface area contributed by atoms with E-state index in [1.807, 2.05) is 24.6 Å². The van der Waals surface area contributed by atoms with Crippen molar-refractivity contribution in [3.8, 4) is 0 Å². The van der Waals surface area contributed by atoms with Gasteiger partial charge in [0.2, 0.25) is 0 Å². The van der Waals surface area contributed by atoms with Crippen LogP contribution in [0.2, 0.25) is 0 Å². The molecule has 166 valence electrons. The molecule has 0 amide bonds. The standard InChI is InChI=1S/C21H32FN7.HI/c1-5-29-10-6-7-18(29)13-24-21(25-14-20-27-26-16(3)28(20)4)23-12-17-8-9-19(22)15(2)11-17;/h8-9,11,18H,5-7,10,12-14H2,1-4H3,(H2,23,24,25);1H. The van der Waals surface area contributed by atoms with E-state index in [4.69, 9.17) is 4.99 Å². The van der Waals surface area contributed by atoms with Gasteiger partial charge in [-0.2, -0.15) is 0 Å². The van der Waals surface area contributed by atoms with Crippen LogP contribution in [0.5, 0.6) is 0 Å². The Balaban J connectivity index is 0.00000320. The molecule has 7 nitrogen and oxygen atoms in total. The molecular weight excluding hydrogens is 496 g/mol. The second kappa shape index (κ2) is 11.6. The predicted octanol–water partition coefficient (Wildman–Crippen LogP) is 2.91. The number of aryl methyl sites for hydroxylation is 2. The van der Waals surface area contributed by atoms with Crippen molar-refractivity contribution in [1.82, 2.24) is 30.3 Å². The second-order valence-electron chi connectivity index (χ2n) is 7.63. The summed E-state index contributed by atoms with van der Waals surface area (Å²) in [6.45, 7) is 10.0. The molecule has 0 bridgehead atoms. The zero-order valence-corrected chi connectivity index (χ0v) is 20.6. The number of hydrogen-bond acceptors (Lipinski definition) is 4. The van der Waals surface area contributed by atoms with Crippen LogP contribution >= 0.6 is 24.0 Å². The fourth-order valence-corrected chi connectivity index (χ4v) is 3.67. The lowest BCUT2D eigenvalue weighted by Gasteiger charge is -2.24. The summed E-state index contributed by atoms with van der Waals surface area (Å²) in [6, 6.07) is 5.65. The van der Waals surface area contributed by atoms with Crippen molar-refractivity contribution in [2.45, 2.75) is 52.7 Å². The molecule has 1 fully saturated rings. The second-order valence-corrected chi connectivity index (χ2v) is 7.63. The minimum absolute atomic E-state index is 0. The van der Waals surface area contributed by atoms with Crippen molar-refractivity contribution in [2.75, 3.05) is 19.6 Å². The third-order valence-electron chi connectivity index (χ3n) is 5.65. The van der Waals surface area contributed by atoms with Crippen LogP contribution in [0.1, 0.15) is 42.5 Å². The van der Waals surface area contributed by atoms with Crippen LogP contribution in [0.25, 0.3) is 0 Å². The molecule has 30 heavy (non-hydrogen) atoms. The Morgan fingerprint density at radius 1 is 1.27 bits per heavy atom. The quantitative estimate of drug-likeness (QED) is 0.328. The maximum atomic E-state index is 13.5. The SMILES string of the molecule is CCN1CCCC1CNC(=NCc1ccc(F)c(C)c1)NCc1nnc(C)n1C.I. The maximum Gasteiger partial charge on any atom is 0.192 e. The maximum absolute atomic E-state index is 13.5. The number of nitrogens with one attached hydrogen (secondary N) is 2. The van der Waals surface area contributed by atoms with Gasteiger partial charge in [-0.3, -0.25) is 4.90 Å². The topological polar surface area (TPSA) is 70.4 Å². The summed E-state index contributed by atoms with van der Waals surface area (Å²) in [5.74, 6) is 2.27. The third-order valence-corrected chi connectivity index (χ3v) is 5.65. The molecule has 1 saturated heterocycles. The number of likely N-dealkylation sites (tertiary alicyclic amines) is 1. The molecule has 2 aromatic rings. The smallest absolute Gasteiger partial charge is 0.192 e. The number of guanidine groups is 1. The average Bonchev–Trinajstić information content (AvgIpc) is 3.30. The van der Waals surface area contributed by atoms with Crippen LogP contribution in [0, 0.1) is 19.7 Å². The Hall–Kier alpha value is -1.75. The summed E-state index contributed by atoms with van der Waals surface area (Å²) < 4.78 is 15.5. The van der Waals surface area contributed by atoms with Crippen LogP contribution < -0.4 is 10.6 Å². The first-order valence-electron chi connectivity index (χ1n) is 10.3. The summed E-state index contributed by atoms with van der Waals surface area (Å²) in [6.07, 6.45) is 2.45. The van der Waals surface area contributed by atoms with E-state index in [9.17, 15) is 4.39 Å². The van der Waals surface area contributed by atoms with Gasteiger partial charge in [-0.15, -0.1) is 34.2 Å². The summed E-state index contributed by atoms with van der Waals surface area (Å²) in [5, 5.41) is 15.2. The Morgan fingerprint density at radius 2 is 2.07 bits per heavy atom. The first-order valence-corrected chi connectivity index (χ1v) is 10.3. The lowest BCUT2D eigenvalue weighted by molar-refractivity contribution is 0.267. The minimum Gasteiger partial charge on any atom is -0.355 e. The molecule has 1 aromatic heterocycles. The minimum atomic E-state index is -0.187. The number of rotatable bonds is 7. The molecule has 2 N–H and O–H groups in total. The van der Waals surface area contributed by atoms with Crippen LogP contribution in [-0.2, 0) is 20.1 Å². The van der Waals surface area contributed by atoms with Crippen molar-refractivity contribution in [2.24, 2.45) is 12.0 Å². The van der Waals surface area contributed by atoms with Crippen molar-refractivity contribution in [1.29, 1.82) is 0 Å². The molecular formula is C21H33FIN7. The van der Waals surface area contributed by atoms with Gasteiger partial charge in [-0.1, -0.05) is 19.1 Å². The van der Waals surface area contributed by atoms with Crippen LogP contribution in [0.15, 0.2) is 23.2 Å². The summed E-state index contributed by atoms with van der Waals surface area (Å²) in [7, 11) is 1.95. The number of likely N-dealkylation sites (N-methyl/N-ethyl adjacent to an activating group) is 1. The van der Waals surface area contributed by atoms with Gasteiger partial charge in [0.15, 0.2) is 11.8 Å². The molecule has 1 aliphatic heterocycles. The zero-order valence-electron chi connectivity index (χ0n) is 18.3. The lowest BCUT2D eigenvalue weighted by atomic mass is 10.1. The van der Waals surface area contributed by atoms with Gasteiger partial charge in [0.25, 0.3) is 0 Å². The molecule has 1 aliphatic rings. The zero-order chi connectivity index (χ0) is 20.8. The highest BCUT2D eigenvalue weighted by molar-refractivity contribution is 14.0. The lowest BCUT2D eigenvalue weighted by Crippen LogP contribution is -2.44. The van der Waals surface area contributed by atoms with E-state index < -0.39 is 0 Å². The Labute approximate surface area is 195 Å². The predicted molar refractivity (Wildman–Crippen MR) is 129 cm³/mol. The molecule has 9 heteroatoms. The summed E-state index contributed by atoms with van der Waals surface area (Å²) >= 11 is 0. The Bertz CT molecular complexity index is 852. The highest BCUT2D eigenvalue weighted by Gasteiger charge is 2.22. The molecule has 2 heterocycles.